The lowest BCUT2D eigenvalue weighted by atomic mass is 10.1. The predicted octanol–water partition coefficient (Wildman–Crippen LogP) is 3.47. The van der Waals surface area contributed by atoms with Gasteiger partial charge in [-0.2, -0.15) is 0 Å². The zero-order chi connectivity index (χ0) is 19.3. The molecule has 2 N–H and O–H groups in total. The first-order chi connectivity index (χ1) is 12.1. The van der Waals surface area contributed by atoms with Gasteiger partial charge in [-0.25, -0.2) is 0 Å². The summed E-state index contributed by atoms with van der Waals surface area (Å²) >= 11 is 0. The Morgan fingerprint density at radius 2 is 1.69 bits per heavy atom. The van der Waals surface area contributed by atoms with Crippen molar-refractivity contribution in [1.82, 2.24) is 4.90 Å². The summed E-state index contributed by atoms with van der Waals surface area (Å²) in [5.74, 6) is 0.142. The second-order valence-corrected chi connectivity index (χ2v) is 5.94. The number of hydrogen-bond donors (Lipinski definition) is 1. The number of halogens is 3. The first-order valence-corrected chi connectivity index (χ1v) is 7.71. The van der Waals surface area contributed by atoms with E-state index >= 15 is 0 Å². The Balaban J connectivity index is 2.20. The average molecular weight is 368 g/mol. The molecular formula is C18H19F3N2O3. The number of carbonyl (C=O) groups is 1. The standard InChI is InChI=1S/C18H19F3N2O3/c1-23(2)11-13-9-12(10-17(22)24)3-8-16(13)25-14-4-6-15(7-5-14)26-18(19,20)21/h3-9H,10-11H2,1-2H3,(H2,22,24). The Bertz CT molecular complexity index is 759. The lowest BCUT2D eigenvalue weighted by Crippen LogP contribution is -2.16. The van der Waals surface area contributed by atoms with E-state index in [1.165, 1.54) is 24.3 Å². The first-order valence-electron chi connectivity index (χ1n) is 7.71. The van der Waals surface area contributed by atoms with E-state index in [1.54, 1.807) is 12.1 Å². The van der Waals surface area contributed by atoms with Gasteiger partial charge < -0.3 is 20.1 Å². The normalized spacial score (nSPS) is 11.5. The number of carbonyl (C=O) groups excluding carboxylic acids is 1. The maximum atomic E-state index is 12.2. The molecule has 2 aromatic rings. The highest BCUT2D eigenvalue weighted by atomic mass is 19.4. The number of benzene rings is 2. The van der Waals surface area contributed by atoms with Crippen molar-refractivity contribution < 1.29 is 27.4 Å². The molecule has 5 nitrogen and oxygen atoms in total. The Morgan fingerprint density at radius 3 is 2.23 bits per heavy atom. The molecule has 0 unspecified atom stereocenters. The molecule has 0 aliphatic carbocycles. The molecule has 0 radical (unpaired) electrons. The Kier molecular flexibility index (Phi) is 6.10. The maximum absolute atomic E-state index is 12.2. The van der Waals surface area contributed by atoms with Crippen molar-refractivity contribution in [1.29, 1.82) is 0 Å². The summed E-state index contributed by atoms with van der Waals surface area (Å²) in [6.07, 6.45) is -4.62. The van der Waals surface area contributed by atoms with Crippen LogP contribution in [-0.4, -0.2) is 31.3 Å². The molecule has 140 valence electrons. The quantitative estimate of drug-likeness (QED) is 0.813. The molecule has 0 fully saturated rings. The van der Waals surface area contributed by atoms with Gasteiger partial charge in [-0.3, -0.25) is 4.79 Å². The van der Waals surface area contributed by atoms with Gasteiger partial charge in [-0.1, -0.05) is 12.1 Å². The molecule has 0 saturated heterocycles. The van der Waals surface area contributed by atoms with Crippen LogP contribution in [0.5, 0.6) is 17.2 Å². The number of primary amides is 1. The van der Waals surface area contributed by atoms with Gasteiger partial charge in [0.05, 0.1) is 6.42 Å². The zero-order valence-electron chi connectivity index (χ0n) is 14.3. The molecule has 26 heavy (non-hydrogen) atoms. The molecular weight excluding hydrogens is 349 g/mol. The Labute approximate surface area is 149 Å². The third-order valence-electron chi connectivity index (χ3n) is 3.27. The van der Waals surface area contributed by atoms with E-state index in [1.807, 2.05) is 25.1 Å². The SMILES string of the molecule is CN(C)Cc1cc(CC(N)=O)ccc1Oc1ccc(OC(F)(F)F)cc1. The number of nitrogens with zero attached hydrogens (tertiary/aromatic N) is 1. The largest absolute Gasteiger partial charge is 0.573 e. The number of hydrogen-bond acceptors (Lipinski definition) is 4. The maximum Gasteiger partial charge on any atom is 0.573 e. The van der Waals surface area contributed by atoms with Crippen molar-refractivity contribution in [2.24, 2.45) is 5.73 Å². The van der Waals surface area contributed by atoms with Crippen molar-refractivity contribution in [3.8, 4) is 17.2 Å². The fraction of sp³-hybridized carbons (Fsp3) is 0.278. The minimum Gasteiger partial charge on any atom is -0.457 e. The molecule has 0 saturated carbocycles. The minimum atomic E-state index is -4.74. The van der Waals surface area contributed by atoms with E-state index in [4.69, 9.17) is 10.5 Å². The lowest BCUT2D eigenvalue weighted by molar-refractivity contribution is -0.274. The molecule has 0 atom stereocenters. The molecule has 2 aromatic carbocycles. The first kappa shape index (κ1) is 19.6. The van der Waals surface area contributed by atoms with Gasteiger partial charge >= 0.3 is 6.36 Å². The zero-order valence-corrected chi connectivity index (χ0v) is 14.3. The second-order valence-electron chi connectivity index (χ2n) is 5.94. The van der Waals surface area contributed by atoms with Gasteiger partial charge in [0.25, 0.3) is 0 Å². The number of alkyl halides is 3. The van der Waals surface area contributed by atoms with Crippen molar-refractivity contribution in [2.45, 2.75) is 19.3 Å². The monoisotopic (exact) mass is 368 g/mol. The third kappa shape index (κ3) is 6.29. The lowest BCUT2D eigenvalue weighted by Gasteiger charge is -2.16. The Hall–Kier alpha value is -2.74. The van der Waals surface area contributed by atoms with Crippen LogP contribution in [0.4, 0.5) is 13.2 Å². The highest BCUT2D eigenvalue weighted by molar-refractivity contribution is 5.76. The van der Waals surface area contributed by atoms with E-state index in [0.29, 0.717) is 18.0 Å². The number of amides is 1. The molecule has 8 heteroatoms. The predicted molar refractivity (Wildman–Crippen MR) is 89.9 cm³/mol. The molecule has 0 bridgehead atoms. The van der Waals surface area contributed by atoms with Crippen LogP contribution >= 0.6 is 0 Å². The molecule has 0 heterocycles. The number of nitrogens with two attached hydrogens (primary N) is 1. The van der Waals surface area contributed by atoms with E-state index in [0.717, 1.165) is 11.1 Å². The van der Waals surface area contributed by atoms with E-state index in [2.05, 4.69) is 4.74 Å². The van der Waals surface area contributed by atoms with Crippen molar-refractivity contribution in [3.63, 3.8) is 0 Å². The van der Waals surface area contributed by atoms with Crippen molar-refractivity contribution in [2.75, 3.05) is 14.1 Å². The highest BCUT2D eigenvalue weighted by Crippen LogP contribution is 2.30. The molecule has 0 spiro atoms. The molecule has 0 aromatic heterocycles. The van der Waals surface area contributed by atoms with Crippen LogP contribution in [0.25, 0.3) is 0 Å². The molecule has 2 rings (SSSR count). The topological polar surface area (TPSA) is 64.8 Å². The third-order valence-corrected chi connectivity index (χ3v) is 3.27. The summed E-state index contributed by atoms with van der Waals surface area (Å²) in [6.45, 7) is 0.553. The second kappa shape index (κ2) is 8.09. The van der Waals surface area contributed by atoms with Gasteiger partial charge in [-0.05, 0) is 50.0 Å². The van der Waals surface area contributed by atoms with Crippen LogP contribution < -0.4 is 15.2 Å². The van der Waals surface area contributed by atoms with Crippen LogP contribution in [0.1, 0.15) is 11.1 Å². The summed E-state index contributed by atoms with van der Waals surface area (Å²) in [7, 11) is 3.77. The van der Waals surface area contributed by atoms with Crippen LogP contribution in [-0.2, 0) is 17.8 Å². The van der Waals surface area contributed by atoms with Crippen LogP contribution in [0.3, 0.4) is 0 Å². The summed E-state index contributed by atoms with van der Waals surface area (Å²) in [5.41, 5.74) is 6.81. The van der Waals surface area contributed by atoms with Crippen molar-refractivity contribution in [3.05, 3.63) is 53.6 Å². The fourth-order valence-electron chi connectivity index (χ4n) is 2.34. The van der Waals surface area contributed by atoms with Crippen LogP contribution in [0.15, 0.2) is 42.5 Å². The number of rotatable bonds is 7. The molecule has 0 aliphatic heterocycles. The van der Waals surface area contributed by atoms with Gasteiger partial charge in [0.1, 0.15) is 17.2 Å². The summed E-state index contributed by atoms with van der Waals surface area (Å²) in [4.78, 5) is 13.0. The average Bonchev–Trinajstić information content (AvgIpc) is 2.49. The van der Waals surface area contributed by atoms with Gasteiger partial charge in [0.15, 0.2) is 0 Å². The van der Waals surface area contributed by atoms with E-state index in [-0.39, 0.29) is 12.2 Å². The van der Waals surface area contributed by atoms with Crippen LogP contribution in [0, 0.1) is 0 Å². The minimum absolute atomic E-state index is 0.115. The fourth-order valence-corrected chi connectivity index (χ4v) is 2.34. The van der Waals surface area contributed by atoms with E-state index in [9.17, 15) is 18.0 Å². The van der Waals surface area contributed by atoms with E-state index < -0.39 is 12.3 Å². The van der Waals surface area contributed by atoms with Gasteiger partial charge in [0, 0.05) is 12.1 Å². The summed E-state index contributed by atoms with van der Waals surface area (Å²) in [5, 5.41) is 0. The van der Waals surface area contributed by atoms with Crippen molar-refractivity contribution >= 4 is 5.91 Å². The number of ether oxygens (including phenoxy) is 2. The molecule has 0 aliphatic rings. The van der Waals surface area contributed by atoms with Gasteiger partial charge in [-0.15, -0.1) is 13.2 Å². The highest BCUT2D eigenvalue weighted by Gasteiger charge is 2.31. The van der Waals surface area contributed by atoms with Crippen LogP contribution in [0.2, 0.25) is 0 Å². The molecule has 1 amide bonds. The summed E-state index contributed by atoms with van der Waals surface area (Å²) < 4.78 is 46.2. The smallest absolute Gasteiger partial charge is 0.457 e. The summed E-state index contributed by atoms with van der Waals surface area (Å²) in [6, 6.07) is 10.4. The Morgan fingerprint density at radius 1 is 1.08 bits per heavy atom. The van der Waals surface area contributed by atoms with Gasteiger partial charge in [0.2, 0.25) is 5.91 Å².